The van der Waals surface area contributed by atoms with E-state index >= 15 is 0 Å². The summed E-state index contributed by atoms with van der Waals surface area (Å²) in [6.07, 6.45) is 5.87. The highest BCUT2D eigenvalue weighted by Gasteiger charge is 2.30. The second kappa shape index (κ2) is 6.29. The fraction of sp³-hybridized carbons (Fsp3) is 0.429. The van der Waals surface area contributed by atoms with Crippen molar-refractivity contribution in [3.05, 3.63) is 59.2 Å². The van der Waals surface area contributed by atoms with Crippen molar-refractivity contribution in [1.82, 2.24) is 4.90 Å². The van der Waals surface area contributed by atoms with E-state index in [1.54, 1.807) is 12.1 Å². The smallest absolute Gasteiger partial charge is 0.166 e. The van der Waals surface area contributed by atoms with Crippen LogP contribution in [0.25, 0.3) is 11.1 Å². The predicted molar refractivity (Wildman–Crippen MR) is 93.0 cm³/mol. The Morgan fingerprint density at radius 2 is 1.92 bits per heavy atom. The molecule has 1 heterocycles. The van der Waals surface area contributed by atoms with E-state index in [9.17, 15) is 8.78 Å². The number of nitrogens with zero attached hydrogens (tertiary/aromatic N) is 1. The molecule has 2 aliphatic rings. The molecule has 0 bridgehead atoms. The van der Waals surface area contributed by atoms with Crippen molar-refractivity contribution in [1.29, 1.82) is 0 Å². The predicted octanol–water partition coefficient (Wildman–Crippen LogP) is 4.97. The van der Waals surface area contributed by atoms with Gasteiger partial charge >= 0.3 is 0 Å². The summed E-state index contributed by atoms with van der Waals surface area (Å²) in [4.78, 5) is 2.66. The zero-order valence-electron chi connectivity index (χ0n) is 14.1. The third-order valence-electron chi connectivity index (χ3n) is 5.74. The van der Waals surface area contributed by atoms with Crippen LogP contribution in [-0.2, 0) is 12.8 Å². The Labute approximate surface area is 142 Å². The molecular formula is C21H23F2N. The Morgan fingerprint density at radius 3 is 2.71 bits per heavy atom. The zero-order chi connectivity index (χ0) is 16.7. The molecule has 1 aliphatic heterocycles. The van der Waals surface area contributed by atoms with E-state index < -0.39 is 11.6 Å². The van der Waals surface area contributed by atoms with Gasteiger partial charge in [-0.2, -0.15) is 0 Å². The first kappa shape index (κ1) is 15.8. The molecule has 0 aromatic heterocycles. The quantitative estimate of drug-likeness (QED) is 0.752. The van der Waals surface area contributed by atoms with Gasteiger partial charge < -0.3 is 0 Å². The van der Waals surface area contributed by atoms with Gasteiger partial charge in [-0.05, 0) is 68.3 Å². The molecule has 1 fully saturated rings. The number of halogens is 2. The molecule has 24 heavy (non-hydrogen) atoms. The molecule has 2 unspecified atom stereocenters. The molecular weight excluding hydrogens is 304 g/mol. The Morgan fingerprint density at radius 1 is 1.04 bits per heavy atom. The molecule has 1 saturated heterocycles. The van der Waals surface area contributed by atoms with E-state index in [1.165, 1.54) is 36.6 Å². The molecule has 0 saturated carbocycles. The van der Waals surface area contributed by atoms with E-state index in [1.807, 2.05) is 6.07 Å². The summed E-state index contributed by atoms with van der Waals surface area (Å²) in [5.74, 6) is -1.54. The maximum atomic E-state index is 14.0. The van der Waals surface area contributed by atoms with E-state index in [0.717, 1.165) is 24.8 Å². The SMILES string of the molecule is CC1CCCN1C1CCc2cc(-c3cccc(F)c3F)ccc2C1. The standard InChI is InChI=1S/C21H23F2N/c1-14-4-3-11-24(14)18-10-9-15-12-17(8-7-16(15)13-18)19-5-2-6-20(22)21(19)23/h2,5-8,12,14,18H,3-4,9-11,13H2,1H3. The lowest BCUT2D eigenvalue weighted by Crippen LogP contribution is -2.41. The third kappa shape index (κ3) is 2.75. The first-order valence-electron chi connectivity index (χ1n) is 8.95. The molecule has 0 spiro atoms. The summed E-state index contributed by atoms with van der Waals surface area (Å²) in [5.41, 5.74) is 3.79. The topological polar surface area (TPSA) is 3.24 Å². The monoisotopic (exact) mass is 327 g/mol. The van der Waals surface area contributed by atoms with Gasteiger partial charge in [0.2, 0.25) is 0 Å². The van der Waals surface area contributed by atoms with Gasteiger partial charge in [-0.3, -0.25) is 4.90 Å². The molecule has 2 aromatic rings. The fourth-order valence-electron chi connectivity index (χ4n) is 4.41. The molecule has 0 radical (unpaired) electrons. The van der Waals surface area contributed by atoms with Crippen molar-refractivity contribution < 1.29 is 8.78 Å². The summed E-state index contributed by atoms with van der Waals surface area (Å²) < 4.78 is 27.5. The van der Waals surface area contributed by atoms with Crippen LogP contribution in [0, 0.1) is 11.6 Å². The number of benzene rings is 2. The number of likely N-dealkylation sites (tertiary alicyclic amines) is 1. The van der Waals surface area contributed by atoms with Gasteiger partial charge in [-0.15, -0.1) is 0 Å². The van der Waals surface area contributed by atoms with Gasteiger partial charge in [-0.1, -0.05) is 30.3 Å². The molecule has 0 N–H and O–H groups in total. The first-order valence-corrected chi connectivity index (χ1v) is 8.95. The minimum absolute atomic E-state index is 0.355. The Bertz CT molecular complexity index is 755. The lowest BCUT2D eigenvalue weighted by molar-refractivity contribution is 0.174. The second-order valence-corrected chi connectivity index (χ2v) is 7.21. The summed E-state index contributed by atoms with van der Waals surface area (Å²) in [6, 6.07) is 11.8. The Kier molecular flexibility index (Phi) is 4.13. The van der Waals surface area contributed by atoms with Gasteiger partial charge in [0, 0.05) is 17.6 Å². The fourth-order valence-corrected chi connectivity index (χ4v) is 4.41. The summed E-state index contributed by atoms with van der Waals surface area (Å²) in [6.45, 7) is 3.55. The van der Waals surface area contributed by atoms with Crippen LogP contribution < -0.4 is 0 Å². The van der Waals surface area contributed by atoms with E-state index in [0.29, 0.717) is 17.6 Å². The molecule has 2 atom stereocenters. The summed E-state index contributed by atoms with van der Waals surface area (Å²) in [5, 5.41) is 0. The van der Waals surface area contributed by atoms with Gasteiger partial charge in [-0.25, -0.2) is 8.78 Å². The second-order valence-electron chi connectivity index (χ2n) is 7.21. The maximum absolute atomic E-state index is 14.0. The molecule has 4 rings (SSSR count). The average Bonchev–Trinajstić information content (AvgIpc) is 3.02. The third-order valence-corrected chi connectivity index (χ3v) is 5.74. The average molecular weight is 327 g/mol. The normalized spacial score (nSPS) is 24.1. The van der Waals surface area contributed by atoms with Crippen molar-refractivity contribution in [2.75, 3.05) is 6.54 Å². The van der Waals surface area contributed by atoms with E-state index in [4.69, 9.17) is 0 Å². The number of hydrogen-bond acceptors (Lipinski definition) is 1. The number of aryl methyl sites for hydroxylation is 1. The Hall–Kier alpha value is -1.74. The zero-order valence-corrected chi connectivity index (χ0v) is 14.1. The van der Waals surface area contributed by atoms with Gasteiger partial charge in [0.25, 0.3) is 0 Å². The van der Waals surface area contributed by atoms with Gasteiger partial charge in [0.1, 0.15) is 0 Å². The minimum Gasteiger partial charge on any atom is -0.297 e. The van der Waals surface area contributed by atoms with Crippen molar-refractivity contribution in [3.8, 4) is 11.1 Å². The molecule has 3 heteroatoms. The lowest BCUT2D eigenvalue weighted by Gasteiger charge is -2.35. The minimum atomic E-state index is -0.784. The molecule has 1 nitrogen and oxygen atoms in total. The first-order chi connectivity index (χ1) is 11.6. The highest BCUT2D eigenvalue weighted by molar-refractivity contribution is 5.66. The number of hydrogen-bond donors (Lipinski definition) is 0. The maximum Gasteiger partial charge on any atom is 0.166 e. The Balaban J connectivity index is 1.60. The molecule has 1 aliphatic carbocycles. The molecule has 2 aromatic carbocycles. The summed E-state index contributed by atoms with van der Waals surface area (Å²) >= 11 is 0. The highest BCUT2D eigenvalue weighted by atomic mass is 19.2. The van der Waals surface area contributed by atoms with Gasteiger partial charge in [0.15, 0.2) is 11.6 Å². The van der Waals surface area contributed by atoms with Crippen molar-refractivity contribution >= 4 is 0 Å². The van der Waals surface area contributed by atoms with Crippen LogP contribution in [0.2, 0.25) is 0 Å². The van der Waals surface area contributed by atoms with Crippen molar-refractivity contribution in [2.45, 2.75) is 51.1 Å². The van der Waals surface area contributed by atoms with Crippen LogP contribution in [0.4, 0.5) is 8.78 Å². The van der Waals surface area contributed by atoms with Gasteiger partial charge in [0.05, 0.1) is 0 Å². The van der Waals surface area contributed by atoms with E-state index in [2.05, 4.69) is 24.0 Å². The number of rotatable bonds is 2. The van der Waals surface area contributed by atoms with Crippen LogP contribution in [0.15, 0.2) is 36.4 Å². The van der Waals surface area contributed by atoms with Crippen molar-refractivity contribution in [2.24, 2.45) is 0 Å². The van der Waals surface area contributed by atoms with Crippen LogP contribution in [0.1, 0.15) is 37.3 Å². The van der Waals surface area contributed by atoms with Crippen LogP contribution in [0.5, 0.6) is 0 Å². The van der Waals surface area contributed by atoms with E-state index in [-0.39, 0.29) is 0 Å². The summed E-state index contributed by atoms with van der Waals surface area (Å²) in [7, 11) is 0. The number of fused-ring (bicyclic) bond motifs is 1. The molecule has 0 amide bonds. The van der Waals surface area contributed by atoms with Crippen LogP contribution >= 0.6 is 0 Å². The molecule has 126 valence electrons. The largest absolute Gasteiger partial charge is 0.297 e. The lowest BCUT2D eigenvalue weighted by atomic mass is 9.85. The van der Waals surface area contributed by atoms with Crippen LogP contribution in [0.3, 0.4) is 0 Å². The van der Waals surface area contributed by atoms with Crippen molar-refractivity contribution in [3.63, 3.8) is 0 Å². The highest BCUT2D eigenvalue weighted by Crippen LogP contribution is 2.33. The van der Waals surface area contributed by atoms with Crippen LogP contribution in [-0.4, -0.2) is 23.5 Å².